The number of imidazole rings is 1. The van der Waals surface area contributed by atoms with E-state index in [1.54, 1.807) is 11.8 Å². The van der Waals surface area contributed by atoms with E-state index >= 15 is 0 Å². The van der Waals surface area contributed by atoms with Crippen molar-refractivity contribution in [1.82, 2.24) is 14.3 Å². The molecule has 1 amide bonds. The molecule has 0 radical (unpaired) electrons. The maximum absolute atomic E-state index is 13.0. The van der Waals surface area contributed by atoms with Gasteiger partial charge in [-0.3, -0.25) is 9.20 Å². The van der Waals surface area contributed by atoms with Crippen LogP contribution >= 0.6 is 11.8 Å². The highest BCUT2D eigenvalue weighted by Crippen LogP contribution is 2.25. The van der Waals surface area contributed by atoms with Gasteiger partial charge in [0, 0.05) is 19.3 Å². The minimum atomic E-state index is 0.0552. The summed E-state index contributed by atoms with van der Waals surface area (Å²) < 4.78 is 2.00. The summed E-state index contributed by atoms with van der Waals surface area (Å²) in [6.07, 6.45) is 12.6. The fraction of sp³-hybridized carbons (Fsp3) is 0.556. The summed E-state index contributed by atoms with van der Waals surface area (Å²) in [6.45, 7) is 0. The molecule has 0 N–H and O–H groups in total. The molecule has 124 valence electrons. The third kappa shape index (κ3) is 3.39. The molecule has 1 fully saturated rings. The minimum absolute atomic E-state index is 0.0552. The summed E-state index contributed by atoms with van der Waals surface area (Å²) in [5.74, 6) is 0.0552. The first-order chi connectivity index (χ1) is 11.2. The molecule has 2 heterocycles. The van der Waals surface area contributed by atoms with E-state index in [2.05, 4.69) is 4.98 Å². The molecule has 0 aliphatic heterocycles. The average Bonchev–Trinajstić information content (AvgIpc) is 2.92. The highest BCUT2D eigenvalue weighted by atomic mass is 32.2. The van der Waals surface area contributed by atoms with Crippen LogP contribution < -0.4 is 0 Å². The van der Waals surface area contributed by atoms with Gasteiger partial charge in [-0.1, -0.05) is 49.9 Å². The Hall–Kier alpha value is -1.49. The average molecular weight is 331 g/mol. The largest absolute Gasteiger partial charge is 0.337 e. The fourth-order valence-electron chi connectivity index (χ4n) is 3.47. The number of carbonyl (C=O) groups excluding carboxylic acids is 1. The Morgan fingerprint density at radius 2 is 1.91 bits per heavy atom. The van der Waals surface area contributed by atoms with Gasteiger partial charge in [0.2, 0.25) is 0 Å². The molecule has 2 aromatic heterocycles. The Labute approximate surface area is 142 Å². The van der Waals surface area contributed by atoms with Crippen LogP contribution in [-0.4, -0.2) is 39.5 Å². The van der Waals surface area contributed by atoms with Gasteiger partial charge in [0.15, 0.2) is 10.9 Å². The Morgan fingerprint density at radius 3 is 2.61 bits per heavy atom. The number of carbonyl (C=O) groups is 1. The monoisotopic (exact) mass is 331 g/mol. The Balaban J connectivity index is 1.87. The second-order valence-corrected chi connectivity index (χ2v) is 7.09. The lowest BCUT2D eigenvalue weighted by atomic mass is 9.95. The van der Waals surface area contributed by atoms with Gasteiger partial charge in [-0.15, -0.1) is 0 Å². The van der Waals surface area contributed by atoms with Crippen molar-refractivity contribution in [2.75, 3.05) is 13.3 Å². The topological polar surface area (TPSA) is 37.6 Å². The van der Waals surface area contributed by atoms with Crippen LogP contribution in [0.2, 0.25) is 0 Å². The van der Waals surface area contributed by atoms with E-state index in [1.807, 2.05) is 47.0 Å². The summed E-state index contributed by atoms with van der Waals surface area (Å²) in [6, 6.07) is 6.27. The number of nitrogens with zero attached hydrogens (tertiary/aromatic N) is 3. The first-order valence-corrected chi connectivity index (χ1v) is 9.73. The van der Waals surface area contributed by atoms with Crippen molar-refractivity contribution < 1.29 is 4.79 Å². The fourth-order valence-corrected chi connectivity index (χ4v) is 4.00. The molecule has 0 spiro atoms. The predicted molar refractivity (Wildman–Crippen MR) is 95.2 cm³/mol. The van der Waals surface area contributed by atoms with Crippen molar-refractivity contribution in [2.45, 2.75) is 56.1 Å². The van der Waals surface area contributed by atoms with E-state index in [4.69, 9.17) is 0 Å². The van der Waals surface area contributed by atoms with Gasteiger partial charge in [0.05, 0.1) is 5.52 Å². The first-order valence-electron chi connectivity index (χ1n) is 8.50. The molecular formula is C18H25N3OS. The number of thioether (sulfide) groups is 1. The number of fused-ring (bicyclic) bond motifs is 1. The molecule has 0 saturated heterocycles. The zero-order chi connectivity index (χ0) is 16.2. The van der Waals surface area contributed by atoms with Crippen LogP contribution in [0.1, 0.15) is 55.4 Å². The van der Waals surface area contributed by atoms with Crippen molar-refractivity contribution in [3.63, 3.8) is 0 Å². The normalized spacial score (nSPS) is 17.0. The molecular weight excluding hydrogens is 306 g/mol. The Morgan fingerprint density at radius 1 is 1.22 bits per heavy atom. The third-order valence-corrected chi connectivity index (χ3v) is 5.50. The molecule has 5 heteroatoms. The van der Waals surface area contributed by atoms with Gasteiger partial charge in [0.1, 0.15) is 0 Å². The predicted octanol–water partition coefficient (Wildman–Crippen LogP) is 4.24. The Kier molecular flexibility index (Phi) is 5.26. The molecule has 3 rings (SSSR count). The second-order valence-electron chi connectivity index (χ2n) is 6.32. The smallest absolute Gasteiger partial charge is 0.274 e. The third-order valence-electron chi connectivity index (χ3n) is 4.84. The highest BCUT2D eigenvalue weighted by Gasteiger charge is 2.25. The van der Waals surface area contributed by atoms with Crippen molar-refractivity contribution in [3.8, 4) is 0 Å². The van der Waals surface area contributed by atoms with Gasteiger partial charge >= 0.3 is 0 Å². The van der Waals surface area contributed by atoms with Crippen LogP contribution in [0.3, 0.4) is 0 Å². The Bertz CT molecular complexity index is 674. The van der Waals surface area contributed by atoms with E-state index in [-0.39, 0.29) is 5.91 Å². The van der Waals surface area contributed by atoms with Crippen molar-refractivity contribution in [3.05, 3.63) is 30.1 Å². The van der Waals surface area contributed by atoms with Gasteiger partial charge in [0.25, 0.3) is 5.91 Å². The number of amides is 1. The van der Waals surface area contributed by atoms with Crippen molar-refractivity contribution in [2.24, 2.45) is 0 Å². The number of rotatable bonds is 3. The maximum atomic E-state index is 13.0. The second kappa shape index (κ2) is 7.39. The van der Waals surface area contributed by atoms with Gasteiger partial charge in [-0.2, -0.15) is 0 Å². The van der Waals surface area contributed by atoms with Gasteiger partial charge < -0.3 is 4.90 Å². The highest BCUT2D eigenvalue weighted by molar-refractivity contribution is 7.98. The molecule has 1 aliphatic carbocycles. The number of aromatic nitrogens is 2. The SMILES string of the molecule is CSc1nc(C(=O)N(C)C2CCCCCCC2)c2ccccn12. The minimum Gasteiger partial charge on any atom is -0.337 e. The van der Waals surface area contributed by atoms with Crippen LogP contribution in [0, 0.1) is 0 Å². The van der Waals surface area contributed by atoms with Crippen molar-refractivity contribution in [1.29, 1.82) is 0 Å². The summed E-state index contributed by atoms with van der Waals surface area (Å²) in [4.78, 5) is 19.6. The summed E-state index contributed by atoms with van der Waals surface area (Å²) >= 11 is 1.57. The van der Waals surface area contributed by atoms with E-state index in [9.17, 15) is 4.79 Å². The lowest BCUT2D eigenvalue weighted by Crippen LogP contribution is -2.37. The molecule has 4 nitrogen and oxygen atoms in total. The molecule has 1 aliphatic rings. The van der Waals surface area contributed by atoms with Crippen LogP contribution in [0.25, 0.3) is 5.52 Å². The quantitative estimate of drug-likeness (QED) is 0.790. The zero-order valence-corrected chi connectivity index (χ0v) is 14.8. The molecule has 1 saturated carbocycles. The van der Waals surface area contributed by atoms with Crippen LogP contribution in [0.15, 0.2) is 29.6 Å². The van der Waals surface area contributed by atoms with E-state index in [1.165, 1.54) is 32.1 Å². The standard InChI is InChI=1S/C18H25N3OS/c1-20(14-10-6-4-3-5-7-11-14)17(22)16-15-12-8-9-13-21(15)18(19-16)23-2/h8-9,12-14H,3-7,10-11H2,1-2H3. The van der Waals surface area contributed by atoms with Gasteiger partial charge in [-0.25, -0.2) is 4.98 Å². The first kappa shape index (κ1) is 16.4. The molecule has 23 heavy (non-hydrogen) atoms. The lowest BCUT2D eigenvalue weighted by molar-refractivity contribution is 0.0703. The molecule has 2 aromatic rings. The lowest BCUT2D eigenvalue weighted by Gasteiger charge is -2.29. The number of hydrogen-bond acceptors (Lipinski definition) is 3. The van der Waals surface area contributed by atoms with Crippen molar-refractivity contribution >= 4 is 23.2 Å². The molecule has 0 unspecified atom stereocenters. The van der Waals surface area contributed by atoms with E-state index < -0.39 is 0 Å². The van der Waals surface area contributed by atoms with Crippen LogP contribution in [0.4, 0.5) is 0 Å². The number of hydrogen-bond donors (Lipinski definition) is 0. The summed E-state index contributed by atoms with van der Waals surface area (Å²) in [5, 5.41) is 0.870. The summed E-state index contributed by atoms with van der Waals surface area (Å²) in [5.41, 5.74) is 1.49. The molecule has 0 atom stereocenters. The molecule has 0 bridgehead atoms. The van der Waals surface area contributed by atoms with Crippen LogP contribution in [0.5, 0.6) is 0 Å². The zero-order valence-electron chi connectivity index (χ0n) is 14.0. The van der Waals surface area contributed by atoms with Crippen LogP contribution in [-0.2, 0) is 0 Å². The summed E-state index contributed by atoms with van der Waals surface area (Å²) in [7, 11) is 1.95. The molecule has 0 aromatic carbocycles. The van der Waals surface area contributed by atoms with Gasteiger partial charge in [-0.05, 0) is 31.2 Å². The van der Waals surface area contributed by atoms with E-state index in [0.29, 0.717) is 11.7 Å². The number of pyridine rings is 1. The van der Waals surface area contributed by atoms with E-state index in [0.717, 1.165) is 23.5 Å². The maximum Gasteiger partial charge on any atom is 0.274 e.